The molecule has 0 fully saturated rings. The number of hydrogen-bond donors (Lipinski definition) is 1. The number of nitrogens with one attached hydrogen (secondary N) is 1. The van der Waals surface area contributed by atoms with Crippen LogP contribution >= 0.6 is 0 Å². The molecule has 0 spiro atoms. The number of rotatable bonds is 4. The van der Waals surface area contributed by atoms with Gasteiger partial charge in [-0.15, -0.1) is 0 Å². The van der Waals surface area contributed by atoms with Crippen LogP contribution in [0.3, 0.4) is 0 Å². The normalized spacial score (nSPS) is 12.2. The second-order valence-electron chi connectivity index (χ2n) is 5.52. The highest BCUT2D eigenvalue weighted by molar-refractivity contribution is 5.94. The predicted molar refractivity (Wildman–Crippen MR) is 84.4 cm³/mol. The Morgan fingerprint density at radius 2 is 2.00 bits per heavy atom. The number of amides is 1. The SMILES string of the molecule is CCn1cc(C(C)NC(=O)c2ccc(C)c(C)c2)c(C)n1. The quantitative estimate of drug-likeness (QED) is 0.936. The van der Waals surface area contributed by atoms with Gasteiger partial charge in [0, 0.05) is 23.9 Å². The van der Waals surface area contributed by atoms with Crippen molar-refractivity contribution in [1.29, 1.82) is 0 Å². The Kier molecular flexibility index (Phi) is 4.46. The van der Waals surface area contributed by atoms with E-state index in [0.717, 1.165) is 23.4 Å². The van der Waals surface area contributed by atoms with E-state index in [1.54, 1.807) is 0 Å². The molecule has 1 unspecified atom stereocenters. The van der Waals surface area contributed by atoms with Crippen LogP contribution in [0, 0.1) is 20.8 Å². The minimum Gasteiger partial charge on any atom is -0.345 e. The molecule has 0 aliphatic rings. The maximum atomic E-state index is 12.3. The van der Waals surface area contributed by atoms with Gasteiger partial charge in [0.05, 0.1) is 11.7 Å². The maximum absolute atomic E-state index is 12.3. The van der Waals surface area contributed by atoms with Crippen LogP contribution in [-0.2, 0) is 6.54 Å². The van der Waals surface area contributed by atoms with Crippen molar-refractivity contribution in [3.8, 4) is 0 Å². The zero-order valence-corrected chi connectivity index (χ0v) is 13.4. The largest absolute Gasteiger partial charge is 0.345 e. The van der Waals surface area contributed by atoms with E-state index in [4.69, 9.17) is 0 Å². The van der Waals surface area contributed by atoms with E-state index in [1.165, 1.54) is 5.56 Å². The molecule has 1 aromatic carbocycles. The van der Waals surface area contributed by atoms with Crippen LogP contribution < -0.4 is 5.32 Å². The van der Waals surface area contributed by atoms with Gasteiger partial charge in [-0.2, -0.15) is 5.10 Å². The van der Waals surface area contributed by atoms with E-state index in [9.17, 15) is 4.79 Å². The molecule has 1 heterocycles. The van der Waals surface area contributed by atoms with Crippen molar-refractivity contribution in [3.05, 3.63) is 52.3 Å². The van der Waals surface area contributed by atoms with Gasteiger partial charge in [-0.25, -0.2) is 0 Å². The summed E-state index contributed by atoms with van der Waals surface area (Å²) in [6, 6.07) is 5.72. The molecule has 1 atom stereocenters. The lowest BCUT2D eigenvalue weighted by atomic mass is 10.0. The smallest absolute Gasteiger partial charge is 0.251 e. The molecular weight excluding hydrogens is 262 g/mol. The van der Waals surface area contributed by atoms with E-state index < -0.39 is 0 Å². The fourth-order valence-electron chi connectivity index (χ4n) is 2.36. The molecule has 4 heteroatoms. The number of carbonyl (C=O) groups is 1. The first-order chi connectivity index (χ1) is 9.92. The number of nitrogens with zero attached hydrogens (tertiary/aromatic N) is 2. The van der Waals surface area contributed by atoms with E-state index in [0.29, 0.717) is 5.56 Å². The number of benzene rings is 1. The van der Waals surface area contributed by atoms with Gasteiger partial charge in [0.1, 0.15) is 0 Å². The van der Waals surface area contributed by atoms with Crippen LogP contribution in [0.15, 0.2) is 24.4 Å². The summed E-state index contributed by atoms with van der Waals surface area (Å²) in [6.45, 7) is 10.9. The van der Waals surface area contributed by atoms with Crippen molar-refractivity contribution in [3.63, 3.8) is 0 Å². The average molecular weight is 285 g/mol. The van der Waals surface area contributed by atoms with Gasteiger partial charge >= 0.3 is 0 Å². The summed E-state index contributed by atoms with van der Waals surface area (Å²) in [5.41, 5.74) is 5.05. The van der Waals surface area contributed by atoms with E-state index in [-0.39, 0.29) is 11.9 Å². The lowest BCUT2D eigenvalue weighted by Crippen LogP contribution is -2.27. The van der Waals surface area contributed by atoms with Crippen molar-refractivity contribution in [2.75, 3.05) is 0 Å². The first-order valence-electron chi connectivity index (χ1n) is 7.34. The summed E-state index contributed by atoms with van der Waals surface area (Å²) in [4.78, 5) is 12.3. The predicted octanol–water partition coefficient (Wildman–Crippen LogP) is 3.32. The maximum Gasteiger partial charge on any atom is 0.251 e. The monoisotopic (exact) mass is 285 g/mol. The molecule has 0 saturated carbocycles. The Bertz CT molecular complexity index is 658. The molecule has 112 valence electrons. The Labute approximate surface area is 126 Å². The number of hydrogen-bond acceptors (Lipinski definition) is 2. The van der Waals surface area contributed by atoms with Crippen LogP contribution in [0.1, 0.15) is 52.6 Å². The van der Waals surface area contributed by atoms with E-state index in [2.05, 4.69) is 17.3 Å². The van der Waals surface area contributed by atoms with Gasteiger partial charge in [-0.3, -0.25) is 9.48 Å². The molecule has 1 aromatic heterocycles. The van der Waals surface area contributed by atoms with Crippen LogP contribution in [-0.4, -0.2) is 15.7 Å². The highest BCUT2D eigenvalue weighted by atomic mass is 16.1. The summed E-state index contributed by atoms with van der Waals surface area (Å²) in [5.74, 6) is -0.0470. The second kappa shape index (κ2) is 6.12. The molecule has 1 amide bonds. The molecule has 2 aromatic rings. The number of aromatic nitrogens is 2. The Morgan fingerprint density at radius 3 is 2.57 bits per heavy atom. The lowest BCUT2D eigenvalue weighted by molar-refractivity contribution is 0.0939. The third kappa shape index (κ3) is 3.32. The molecule has 0 saturated heterocycles. The Hall–Kier alpha value is -2.10. The van der Waals surface area contributed by atoms with Gasteiger partial charge in [0.2, 0.25) is 0 Å². The molecule has 2 rings (SSSR count). The molecule has 0 radical (unpaired) electrons. The molecule has 1 N–H and O–H groups in total. The highest BCUT2D eigenvalue weighted by Crippen LogP contribution is 2.17. The van der Waals surface area contributed by atoms with Crippen LogP contribution in [0.5, 0.6) is 0 Å². The molecular formula is C17H23N3O. The molecule has 21 heavy (non-hydrogen) atoms. The van der Waals surface area contributed by atoms with Crippen LogP contribution in [0.4, 0.5) is 0 Å². The Balaban J connectivity index is 2.14. The molecule has 4 nitrogen and oxygen atoms in total. The van der Waals surface area contributed by atoms with Crippen molar-refractivity contribution < 1.29 is 4.79 Å². The van der Waals surface area contributed by atoms with Gasteiger partial charge in [0.15, 0.2) is 0 Å². The van der Waals surface area contributed by atoms with E-state index in [1.807, 2.05) is 56.8 Å². The van der Waals surface area contributed by atoms with Gasteiger partial charge in [-0.1, -0.05) is 6.07 Å². The highest BCUT2D eigenvalue weighted by Gasteiger charge is 2.16. The summed E-state index contributed by atoms with van der Waals surface area (Å²) < 4.78 is 1.89. The fraction of sp³-hybridized carbons (Fsp3) is 0.412. The van der Waals surface area contributed by atoms with Crippen molar-refractivity contribution >= 4 is 5.91 Å². The summed E-state index contributed by atoms with van der Waals surface area (Å²) in [5, 5.41) is 7.47. The van der Waals surface area contributed by atoms with Crippen molar-refractivity contribution in [2.24, 2.45) is 0 Å². The summed E-state index contributed by atoms with van der Waals surface area (Å²) in [6.07, 6.45) is 2.00. The topological polar surface area (TPSA) is 46.9 Å². The second-order valence-corrected chi connectivity index (χ2v) is 5.52. The number of aryl methyl sites for hydroxylation is 4. The fourth-order valence-corrected chi connectivity index (χ4v) is 2.36. The minimum absolute atomic E-state index is 0.0470. The van der Waals surface area contributed by atoms with Crippen molar-refractivity contribution in [2.45, 2.75) is 47.2 Å². The van der Waals surface area contributed by atoms with Crippen LogP contribution in [0.25, 0.3) is 0 Å². The summed E-state index contributed by atoms with van der Waals surface area (Å²) >= 11 is 0. The van der Waals surface area contributed by atoms with E-state index >= 15 is 0 Å². The molecule has 0 aliphatic heterocycles. The van der Waals surface area contributed by atoms with Crippen molar-refractivity contribution in [1.82, 2.24) is 15.1 Å². The third-order valence-corrected chi connectivity index (χ3v) is 3.89. The standard InChI is InChI=1S/C17H23N3O/c1-6-20-10-16(14(5)19-20)13(4)18-17(21)15-8-7-11(2)12(3)9-15/h7-10,13H,6H2,1-5H3,(H,18,21). The summed E-state index contributed by atoms with van der Waals surface area (Å²) in [7, 11) is 0. The zero-order valence-electron chi connectivity index (χ0n) is 13.4. The van der Waals surface area contributed by atoms with Gasteiger partial charge in [-0.05, 0) is 57.9 Å². The minimum atomic E-state index is -0.0561. The molecule has 0 bridgehead atoms. The first kappa shape index (κ1) is 15.3. The Morgan fingerprint density at radius 1 is 1.29 bits per heavy atom. The van der Waals surface area contributed by atoms with Gasteiger partial charge < -0.3 is 5.32 Å². The van der Waals surface area contributed by atoms with Crippen LogP contribution in [0.2, 0.25) is 0 Å². The van der Waals surface area contributed by atoms with Gasteiger partial charge in [0.25, 0.3) is 5.91 Å². The third-order valence-electron chi connectivity index (χ3n) is 3.89. The lowest BCUT2D eigenvalue weighted by Gasteiger charge is -2.14. The first-order valence-corrected chi connectivity index (χ1v) is 7.34. The molecule has 0 aliphatic carbocycles. The number of carbonyl (C=O) groups excluding carboxylic acids is 1. The zero-order chi connectivity index (χ0) is 15.6. The average Bonchev–Trinajstić information content (AvgIpc) is 2.83.